The van der Waals surface area contributed by atoms with Gasteiger partial charge in [0.2, 0.25) is 0 Å². The zero-order chi connectivity index (χ0) is 14.8. The SMILES string of the molecule is CCCn1ncc(Cl)c1C(NN)C1CCCc2sccc21. The molecule has 0 aliphatic heterocycles. The molecule has 0 amide bonds. The summed E-state index contributed by atoms with van der Waals surface area (Å²) in [6.45, 7) is 3.01. The van der Waals surface area contributed by atoms with Crippen molar-refractivity contribution in [3.63, 3.8) is 0 Å². The molecule has 0 bridgehead atoms. The minimum Gasteiger partial charge on any atom is -0.271 e. The van der Waals surface area contributed by atoms with Crippen molar-refractivity contribution in [1.82, 2.24) is 15.2 Å². The lowest BCUT2D eigenvalue weighted by Gasteiger charge is -2.31. The van der Waals surface area contributed by atoms with Gasteiger partial charge in [0.15, 0.2) is 0 Å². The molecule has 0 fully saturated rings. The van der Waals surface area contributed by atoms with Crippen molar-refractivity contribution in [1.29, 1.82) is 0 Å². The number of halogens is 1. The molecule has 2 aromatic heterocycles. The Morgan fingerprint density at radius 2 is 2.48 bits per heavy atom. The summed E-state index contributed by atoms with van der Waals surface area (Å²) < 4.78 is 1.99. The van der Waals surface area contributed by atoms with Crippen molar-refractivity contribution in [2.75, 3.05) is 0 Å². The van der Waals surface area contributed by atoms with E-state index in [0.717, 1.165) is 25.1 Å². The molecule has 2 unspecified atom stereocenters. The van der Waals surface area contributed by atoms with Crippen LogP contribution in [0.3, 0.4) is 0 Å². The molecule has 0 spiro atoms. The normalized spacial score (nSPS) is 19.5. The fourth-order valence-corrected chi connectivity index (χ4v) is 4.58. The zero-order valence-corrected chi connectivity index (χ0v) is 13.8. The largest absolute Gasteiger partial charge is 0.271 e. The second-order valence-electron chi connectivity index (χ2n) is 5.54. The fraction of sp³-hybridized carbons (Fsp3) is 0.533. The third-order valence-corrected chi connectivity index (χ3v) is 5.53. The Labute approximate surface area is 134 Å². The average molecular weight is 325 g/mol. The number of aryl methyl sites for hydroxylation is 2. The summed E-state index contributed by atoms with van der Waals surface area (Å²) in [7, 11) is 0. The van der Waals surface area contributed by atoms with Gasteiger partial charge in [-0.3, -0.25) is 16.0 Å². The first kappa shape index (κ1) is 15.0. The van der Waals surface area contributed by atoms with Gasteiger partial charge in [0.25, 0.3) is 0 Å². The number of nitrogens with one attached hydrogen (secondary N) is 1. The summed E-state index contributed by atoms with van der Waals surface area (Å²) in [5.41, 5.74) is 5.45. The Hall–Kier alpha value is -0.880. The number of hydrogen-bond donors (Lipinski definition) is 2. The van der Waals surface area contributed by atoms with E-state index in [-0.39, 0.29) is 6.04 Å². The van der Waals surface area contributed by atoms with Crippen LogP contribution in [0.1, 0.15) is 54.3 Å². The van der Waals surface area contributed by atoms with E-state index in [4.69, 9.17) is 17.4 Å². The van der Waals surface area contributed by atoms with Gasteiger partial charge in [-0.1, -0.05) is 18.5 Å². The maximum Gasteiger partial charge on any atom is 0.0834 e. The molecule has 2 heterocycles. The molecule has 0 radical (unpaired) electrons. The molecule has 6 heteroatoms. The summed E-state index contributed by atoms with van der Waals surface area (Å²) in [5, 5.41) is 7.29. The quantitative estimate of drug-likeness (QED) is 0.652. The molecule has 1 aliphatic rings. The van der Waals surface area contributed by atoms with Crippen molar-refractivity contribution in [3.05, 3.63) is 38.8 Å². The number of aromatic nitrogens is 2. The summed E-state index contributed by atoms with van der Waals surface area (Å²) in [4.78, 5) is 1.49. The highest BCUT2D eigenvalue weighted by Crippen LogP contribution is 2.43. The molecule has 114 valence electrons. The summed E-state index contributed by atoms with van der Waals surface area (Å²) in [5.74, 6) is 6.28. The van der Waals surface area contributed by atoms with Gasteiger partial charge in [-0.05, 0) is 42.7 Å². The minimum atomic E-state index is 0.0141. The summed E-state index contributed by atoms with van der Waals surface area (Å²) in [6, 6.07) is 2.25. The van der Waals surface area contributed by atoms with Crippen LogP contribution in [-0.4, -0.2) is 9.78 Å². The van der Waals surface area contributed by atoms with Crippen LogP contribution in [0.15, 0.2) is 17.6 Å². The van der Waals surface area contributed by atoms with Crippen LogP contribution in [-0.2, 0) is 13.0 Å². The molecule has 4 nitrogen and oxygen atoms in total. The Balaban J connectivity index is 1.99. The molecule has 3 rings (SSSR count). The molecule has 1 aliphatic carbocycles. The van der Waals surface area contributed by atoms with Crippen LogP contribution in [0.5, 0.6) is 0 Å². The fourth-order valence-electron chi connectivity index (χ4n) is 3.33. The molecular weight excluding hydrogens is 304 g/mol. The van der Waals surface area contributed by atoms with Gasteiger partial charge in [-0.25, -0.2) is 0 Å². The van der Waals surface area contributed by atoms with Gasteiger partial charge in [-0.2, -0.15) is 5.10 Å². The first-order chi connectivity index (χ1) is 10.3. The van der Waals surface area contributed by atoms with Crippen molar-refractivity contribution < 1.29 is 0 Å². The molecule has 21 heavy (non-hydrogen) atoms. The monoisotopic (exact) mass is 324 g/mol. The van der Waals surface area contributed by atoms with Gasteiger partial charge in [0.1, 0.15) is 0 Å². The van der Waals surface area contributed by atoms with Gasteiger partial charge in [0.05, 0.1) is 23.0 Å². The number of thiophene rings is 1. The maximum atomic E-state index is 6.40. The van der Waals surface area contributed by atoms with Crippen molar-refractivity contribution in [3.8, 4) is 0 Å². The minimum absolute atomic E-state index is 0.0141. The number of hydrazine groups is 1. The van der Waals surface area contributed by atoms with Gasteiger partial charge in [0, 0.05) is 17.3 Å². The lowest BCUT2D eigenvalue weighted by Crippen LogP contribution is -2.35. The molecule has 0 aromatic carbocycles. The summed E-state index contributed by atoms with van der Waals surface area (Å²) in [6.07, 6.45) is 6.27. The van der Waals surface area contributed by atoms with Crippen LogP contribution >= 0.6 is 22.9 Å². The Bertz CT molecular complexity index is 607. The van der Waals surface area contributed by atoms with E-state index in [1.165, 1.54) is 23.3 Å². The van der Waals surface area contributed by atoms with E-state index in [0.29, 0.717) is 10.9 Å². The van der Waals surface area contributed by atoms with Crippen LogP contribution < -0.4 is 11.3 Å². The van der Waals surface area contributed by atoms with E-state index in [1.807, 2.05) is 16.0 Å². The smallest absolute Gasteiger partial charge is 0.0834 e. The van der Waals surface area contributed by atoms with Crippen LogP contribution in [0.25, 0.3) is 0 Å². The van der Waals surface area contributed by atoms with E-state index in [2.05, 4.69) is 28.9 Å². The predicted molar refractivity (Wildman–Crippen MR) is 87.6 cm³/mol. The topological polar surface area (TPSA) is 55.9 Å². The van der Waals surface area contributed by atoms with E-state index in [1.54, 1.807) is 6.20 Å². The van der Waals surface area contributed by atoms with Crippen molar-refractivity contribution in [2.24, 2.45) is 5.84 Å². The number of hydrogen-bond acceptors (Lipinski definition) is 4. The highest BCUT2D eigenvalue weighted by Gasteiger charge is 2.32. The standard InChI is InChI=1S/C15H21ClN4S/c1-2-7-20-15(12(16)9-18-20)14(19-17)11-4-3-5-13-10(11)6-8-21-13/h6,8-9,11,14,19H,2-5,7,17H2,1H3. The third-order valence-electron chi connectivity index (χ3n) is 4.24. The van der Waals surface area contributed by atoms with Crippen molar-refractivity contribution >= 4 is 22.9 Å². The van der Waals surface area contributed by atoms with Gasteiger partial charge >= 0.3 is 0 Å². The number of nitrogens with two attached hydrogens (primary N) is 1. The molecule has 0 saturated carbocycles. The van der Waals surface area contributed by atoms with E-state index >= 15 is 0 Å². The van der Waals surface area contributed by atoms with E-state index < -0.39 is 0 Å². The first-order valence-corrected chi connectivity index (χ1v) is 8.75. The second kappa shape index (κ2) is 6.48. The Morgan fingerprint density at radius 3 is 3.24 bits per heavy atom. The molecule has 3 N–H and O–H groups in total. The lowest BCUT2D eigenvalue weighted by atomic mass is 9.81. The molecule has 2 atom stereocenters. The first-order valence-electron chi connectivity index (χ1n) is 7.49. The highest BCUT2D eigenvalue weighted by molar-refractivity contribution is 7.10. The predicted octanol–water partition coefficient (Wildman–Crippen LogP) is 3.63. The molecule has 2 aromatic rings. The number of fused-ring (bicyclic) bond motifs is 1. The number of nitrogens with zero attached hydrogens (tertiary/aromatic N) is 2. The molecular formula is C15H21ClN4S. The maximum absolute atomic E-state index is 6.40. The number of rotatable bonds is 5. The lowest BCUT2D eigenvalue weighted by molar-refractivity contribution is 0.383. The zero-order valence-electron chi connectivity index (χ0n) is 12.2. The van der Waals surface area contributed by atoms with Crippen LogP contribution in [0.2, 0.25) is 5.02 Å². The second-order valence-corrected chi connectivity index (χ2v) is 6.95. The Kier molecular flexibility index (Phi) is 4.64. The third kappa shape index (κ3) is 2.75. The van der Waals surface area contributed by atoms with Crippen molar-refractivity contribution in [2.45, 2.75) is 51.1 Å². The van der Waals surface area contributed by atoms with Gasteiger partial charge in [-0.15, -0.1) is 11.3 Å². The van der Waals surface area contributed by atoms with Crippen LogP contribution in [0.4, 0.5) is 0 Å². The van der Waals surface area contributed by atoms with Gasteiger partial charge < -0.3 is 0 Å². The average Bonchev–Trinajstić information content (AvgIpc) is 3.09. The highest BCUT2D eigenvalue weighted by atomic mass is 35.5. The van der Waals surface area contributed by atoms with E-state index in [9.17, 15) is 0 Å². The van der Waals surface area contributed by atoms with Crippen LogP contribution in [0, 0.1) is 0 Å². The summed E-state index contributed by atoms with van der Waals surface area (Å²) >= 11 is 8.25. The molecule has 0 saturated heterocycles. The Morgan fingerprint density at radius 1 is 1.62 bits per heavy atom.